The SMILES string of the molecule is CCC(Br)CC(Br)CC(=O)OC. The predicted octanol–water partition coefficient (Wildman–Crippen LogP) is 2.88. The lowest BCUT2D eigenvalue weighted by Crippen LogP contribution is -2.13. The van der Waals surface area contributed by atoms with Crippen LogP contribution in [0.2, 0.25) is 0 Å². The third-order valence-corrected chi connectivity index (χ3v) is 3.29. The van der Waals surface area contributed by atoms with Crippen molar-refractivity contribution in [3.05, 3.63) is 0 Å². The summed E-state index contributed by atoms with van der Waals surface area (Å²) < 4.78 is 4.55. The summed E-state index contributed by atoms with van der Waals surface area (Å²) >= 11 is 6.94. The second kappa shape index (κ2) is 6.89. The number of carbonyl (C=O) groups is 1. The molecule has 2 nitrogen and oxygen atoms in total. The van der Waals surface area contributed by atoms with Gasteiger partial charge in [-0.2, -0.15) is 0 Å². The number of esters is 1. The zero-order valence-electron chi connectivity index (χ0n) is 7.35. The standard InChI is InChI=1S/C8H14Br2O2/c1-3-6(9)4-7(10)5-8(11)12-2/h6-7H,3-5H2,1-2H3. The van der Waals surface area contributed by atoms with Crippen LogP contribution in [0.1, 0.15) is 26.2 Å². The maximum absolute atomic E-state index is 10.8. The molecule has 0 spiro atoms. The van der Waals surface area contributed by atoms with Gasteiger partial charge in [-0.25, -0.2) is 0 Å². The van der Waals surface area contributed by atoms with Gasteiger partial charge in [-0.1, -0.05) is 38.8 Å². The molecular weight excluding hydrogens is 288 g/mol. The smallest absolute Gasteiger partial charge is 0.306 e. The number of rotatable bonds is 5. The first kappa shape index (κ1) is 12.4. The largest absolute Gasteiger partial charge is 0.469 e. The summed E-state index contributed by atoms with van der Waals surface area (Å²) in [6, 6.07) is 0. The van der Waals surface area contributed by atoms with Crippen LogP contribution in [0.3, 0.4) is 0 Å². The van der Waals surface area contributed by atoms with Crippen molar-refractivity contribution in [3.63, 3.8) is 0 Å². The first-order chi connectivity index (χ1) is 5.60. The summed E-state index contributed by atoms with van der Waals surface area (Å²) in [5, 5.41) is 0. The van der Waals surface area contributed by atoms with Gasteiger partial charge in [0.15, 0.2) is 0 Å². The fraction of sp³-hybridized carbons (Fsp3) is 0.875. The zero-order valence-corrected chi connectivity index (χ0v) is 10.5. The molecule has 0 heterocycles. The molecule has 2 atom stereocenters. The van der Waals surface area contributed by atoms with Crippen molar-refractivity contribution in [1.82, 2.24) is 0 Å². The van der Waals surface area contributed by atoms with Crippen molar-refractivity contribution >= 4 is 37.8 Å². The van der Waals surface area contributed by atoms with Gasteiger partial charge in [0.05, 0.1) is 13.5 Å². The summed E-state index contributed by atoms with van der Waals surface area (Å²) in [4.78, 5) is 11.5. The number of carbonyl (C=O) groups excluding carboxylic acids is 1. The van der Waals surface area contributed by atoms with E-state index in [1.807, 2.05) is 0 Å². The third kappa shape index (κ3) is 6.00. The van der Waals surface area contributed by atoms with Crippen molar-refractivity contribution in [2.45, 2.75) is 35.8 Å². The van der Waals surface area contributed by atoms with Crippen LogP contribution in [0.5, 0.6) is 0 Å². The molecule has 0 rings (SSSR count). The number of hydrogen-bond acceptors (Lipinski definition) is 2. The minimum Gasteiger partial charge on any atom is -0.469 e. The number of methoxy groups -OCH3 is 1. The van der Waals surface area contributed by atoms with E-state index in [1.165, 1.54) is 7.11 Å². The summed E-state index contributed by atoms with van der Waals surface area (Å²) in [5.74, 6) is -0.160. The number of halogens is 2. The molecular formula is C8H14Br2O2. The first-order valence-electron chi connectivity index (χ1n) is 3.95. The van der Waals surface area contributed by atoms with Crippen molar-refractivity contribution in [3.8, 4) is 0 Å². The Hall–Kier alpha value is 0.430. The maximum Gasteiger partial charge on any atom is 0.306 e. The predicted molar refractivity (Wildman–Crippen MR) is 57.0 cm³/mol. The Morgan fingerprint density at radius 1 is 1.42 bits per heavy atom. The molecule has 0 aliphatic carbocycles. The van der Waals surface area contributed by atoms with Gasteiger partial charge in [-0.05, 0) is 12.8 Å². The van der Waals surface area contributed by atoms with Crippen LogP contribution < -0.4 is 0 Å². The normalized spacial score (nSPS) is 15.3. The van der Waals surface area contributed by atoms with Crippen LogP contribution in [-0.2, 0) is 9.53 Å². The van der Waals surface area contributed by atoms with Crippen LogP contribution in [0.15, 0.2) is 0 Å². The fourth-order valence-electron chi connectivity index (χ4n) is 0.792. The molecule has 0 bridgehead atoms. The fourth-order valence-corrected chi connectivity index (χ4v) is 2.46. The third-order valence-electron chi connectivity index (χ3n) is 1.57. The van der Waals surface area contributed by atoms with Crippen LogP contribution in [0.25, 0.3) is 0 Å². The molecule has 12 heavy (non-hydrogen) atoms. The van der Waals surface area contributed by atoms with Gasteiger partial charge in [0.1, 0.15) is 0 Å². The molecule has 4 heteroatoms. The highest BCUT2D eigenvalue weighted by Crippen LogP contribution is 2.19. The molecule has 0 aliphatic heterocycles. The molecule has 0 amide bonds. The molecule has 0 aromatic carbocycles. The van der Waals surface area contributed by atoms with Gasteiger partial charge in [-0.15, -0.1) is 0 Å². The molecule has 0 saturated heterocycles. The molecule has 0 aromatic heterocycles. The second-order valence-corrected chi connectivity index (χ2v) is 5.21. The van der Waals surface area contributed by atoms with Crippen molar-refractivity contribution in [2.75, 3.05) is 7.11 Å². The molecule has 0 aromatic rings. The Labute approximate surface area is 90.3 Å². The van der Waals surface area contributed by atoms with Gasteiger partial charge in [-0.3, -0.25) is 4.79 Å². The van der Waals surface area contributed by atoms with Crippen molar-refractivity contribution in [1.29, 1.82) is 0 Å². The average Bonchev–Trinajstić information content (AvgIpc) is 2.03. The van der Waals surface area contributed by atoms with Gasteiger partial charge in [0.25, 0.3) is 0 Å². The van der Waals surface area contributed by atoms with Crippen LogP contribution in [0.4, 0.5) is 0 Å². The van der Waals surface area contributed by atoms with E-state index in [2.05, 4.69) is 43.5 Å². The van der Waals surface area contributed by atoms with Gasteiger partial charge in [0.2, 0.25) is 0 Å². The lowest BCUT2D eigenvalue weighted by atomic mass is 10.1. The first-order valence-corrected chi connectivity index (χ1v) is 5.78. The lowest BCUT2D eigenvalue weighted by molar-refractivity contribution is -0.140. The molecule has 2 unspecified atom stereocenters. The molecule has 0 N–H and O–H groups in total. The average molecular weight is 302 g/mol. The second-order valence-electron chi connectivity index (χ2n) is 2.62. The summed E-state index contributed by atoms with van der Waals surface area (Å²) in [5.41, 5.74) is 0. The number of hydrogen-bond donors (Lipinski definition) is 0. The van der Waals surface area contributed by atoms with E-state index >= 15 is 0 Å². The highest BCUT2D eigenvalue weighted by atomic mass is 79.9. The van der Waals surface area contributed by atoms with E-state index in [9.17, 15) is 4.79 Å². The summed E-state index contributed by atoms with van der Waals surface area (Å²) in [6.45, 7) is 2.11. The molecule has 0 saturated carbocycles. The Morgan fingerprint density at radius 2 is 2.00 bits per heavy atom. The quantitative estimate of drug-likeness (QED) is 0.576. The Balaban J connectivity index is 3.58. The molecule has 0 aliphatic rings. The summed E-state index contributed by atoms with van der Waals surface area (Å²) in [7, 11) is 1.41. The minimum absolute atomic E-state index is 0.160. The summed E-state index contributed by atoms with van der Waals surface area (Å²) in [6.07, 6.45) is 2.47. The zero-order chi connectivity index (χ0) is 9.56. The Morgan fingerprint density at radius 3 is 2.42 bits per heavy atom. The Kier molecular flexibility index (Phi) is 7.14. The van der Waals surface area contributed by atoms with Gasteiger partial charge >= 0.3 is 5.97 Å². The number of alkyl halides is 2. The van der Waals surface area contributed by atoms with E-state index in [0.29, 0.717) is 11.2 Å². The molecule has 0 radical (unpaired) electrons. The minimum atomic E-state index is -0.160. The number of ether oxygens (including phenoxy) is 1. The van der Waals surface area contributed by atoms with Crippen LogP contribution in [-0.4, -0.2) is 22.7 Å². The van der Waals surface area contributed by atoms with E-state index in [-0.39, 0.29) is 10.8 Å². The maximum atomic E-state index is 10.8. The van der Waals surface area contributed by atoms with Gasteiger partial charge < -0.3 is 4.74 Å². The highest BCUT2D eigenvalue weighted by Gasteiger charge is 2.14. The van der Waals surface area contributed by atoms with Crippen LogP contribution in [0, 0.1) is 0 Å². The van der Waals surface area contributed by atoms with E-state index in [0.717, 1.165) is 12.8 Å². The topological polar surface area (TPSA) is 26.3 Å². The van der Waals surface area contributed by atoms with Gasteiger partial charge in [0, 0.05) is 9.65 Å². The Bertz CT molecular complexity index is 139. The van der Waals surface area contributed by atoms with Crippen molar-refractivity contribution < 1.29 is 9.53 Å². The van der Waals surface area contributed by atoms with E-state index in [4.69, 9.17) is 0 Å². The lowest BCUT2D eigenvalue weighted by Gasteiger charge is -2.11. The van der Waals surface area contributed by atoms with Crippen LogP contribution >= 0.6 is 31.9 Å². The molecule has 0 fully saturated rings. The monoisotopic (exact) mass is 300 g/mol. The van der Waals surface area contributed by atoms with E-state index < -0.39 is 0 Å². The molecule has 72 valence electrons. The van der Waals surface area contributed by atoms with E-state index in [1.54, 1.807) is 0 Å². The van der Waals surface area contributed by atoms with Crippen molar-refractivity contribution in [2.24, 2.45) is 0 Å². The highest BCUT2D eigenvalue weighted by molar-refractivity contribution is 9.10.